The van der Waals surface area contributed by atoms with Crippen LogP contribution in [0.5, 0.6) is 0 Å². The number of aryl methyl sites for hydroxylation is 4. The van der Waals surface area contributed by atoms with Crippen LogP contribution in [0, 0.1) is 27.7 Å². The third-order valence-corrected chi connectivity index (χ3v) is 11.7. The molecule has 0 aliphatic carbocycles. The molecular weight excluding hydrogens is 617 g/mol. The summed E-state index contributed by atoms with van der Waals surface area (Å²) in [7, 11) is 0. The van der Waals surface area contributed by atoms with E-state index in [1.54, 1.807) is 0 Å². The molecule has 0 bridgehead atoms. The Morgan fingerprint density at radius 3 is 1.52 bits per heavy atom. The Morgan fingerprint density at radius 1 is 0.520 bits per heavy atom. The molecule has 0 atom stereocenters. The lowest BCUT2D eigenvalue weighted by molar-refractivity contribution is 0.671. The third-order valence-electron chi connectivity index (χ3n) is 11.7. The number of fused-ring (bicyclic) bond motifs is 12. The third kappa shape index (κ3) is 2.58. The Hall–Kier alpha value is -6.28. The zero-order chi connectivity index (χ0) is 32.9. The highest BCUT2D eigenvalue weighted by Crippen LogP contribution is 2.48. The van der Waals surface area contributed by atoms with Gasteiger partial charge < -0.3 is 13.4 Å². The molecule has 6 aromatic carbocycles. The summed E-state index contributed by atoms with van der Waals surface area (Å²) in [5, 5.41) is 17.5. The van der Waals surface area contributed by atoms with Gasteiger partial charge in [-0.25, -0.2) is 9.03 Å². The molecule has 0 unspecified atom stereocenters. The van der Waals surface area contributed by atoms with Gasteiger partial charge in [0.1, 0.15) is 22.3 Å². The van der Waals surface area contributed by atoms with E-state index < -0.39 is 0 Å². The Balaban J connectivity index is 1.48. The average Bonchev–Trinajstić information content (AvgIpc) is 3.88. The van der Waals surface area contributed by atoms with Crippen LogP contribution < -0.4 is 16.4 Å². The van der Waals surface area contributed by atoms with Gasteiger partial charge in [0.25, 0.3) is 6.71 Å². The number of nitrogens with zero attached hydrogens (tertiary/aromatic N) is 5. The summed E-state index contributed by atoms with van der Waals surface area (Å²) in [5.41, 5.74) is 19.2. The highest BCUT2D eigenvalue weighted by molar-refractivity contribution is 7.01. The summed E-state index contributed by atoms with van der Waals surface area (Å²) >= 11 is 0. The predicted molar refractivity (Wildman–Crippen MR) is 203 cm³/mol. The van der Waals surface area contributed by atoms with Gasteiger partial charge in [0.2, 0.25) is 0 Å². The van der Waals surface area contributed by atoms with Crippen LogP contribution in [0.2, 0.25) is 0 Å². The summed E-state index contributed by atoms with van der Waals surface area (Å²) < 4.78 is 21.1. The van der Waals surface area contributed by atoms with Gasteiger partial charge in [0.15, 0.2) is 0 Å². The maximum Gasteiger partial charge on any atom is 0.256 e. The molecule has 3 aliphatic heterocycles. The van der Waals surface area contributed by atoms with E-state index in [0.717, 1.165) is 116 Å². The van der Waals surface area contributed by atoms with Crippen LogP contribution in [0.3, 0.4) is 0 Å². The maximum atomic E-state index is 7.06. The maximum absolute atomic E-state index is 7.06. The molecule has 7 nitrogen and oxygen atoms in total. The molecule has 0 amide bonds. The second kappa shape index (κ2) is 8.12. The molecule has 10 aromatic rings. The van der Waals surface area contributed by atoms with Gasteiger partial charge in [-0.15, -0.1) is 0 Å². The van der Waals surface area contributed by atoms with E-state index in [1.165, 1.54) is 16.6 Å². The van der Waals surface area contributed by atoms with Gasteiger partial charge in [-0.3, -0.25) is 0 Å². The molecular formula is C42H26BN5O2. The average molecular weight is 644 g/mol. The number of benzene rings is 6. The van der Waals surface area contributed by atoms with Crippen LogP contribution in [0.1, 0.15) is 22.5 Å². The highest BCUT2D eigenvalue weighted by atomic mass is 16.3. The lowest BCUT2D eigenvalue weighted by Gasteiger charge is -2.32. The van der Waals surface area contributed by atoms with Crippen molar-refractivity contribution < 1.29 is 8.83 Å². The van der Waals surface area contributed by atoms with Crippen molar-refractivity contribution in [3.8, 4) is 5.69 Å². The molecule has 8 heteroatoms. The SMILES string of the molecule is Cc1nn2c3c(C)cc(C)c4c3-n3c5c(c6oc7ccccc7c6c1c52)B(c1ccccc1)c1c2oc5ccccc5c2c2c(C)nn4c2c13. The molecule has 234 valence electrons. The van der Waals surface area contributed by atoms with E-state index in [-0.39, 0.29) is 6.71 Å². The minimum Gasteiger partial charge on any atom is -0.456 e. The molecule has 0 N–H and O–H groups in total. The Kier molecular flexibility index (Phi) is 4.17. The van der Waals surface area contributed by atoms with Crippen molar-refractivity contribution >= 4 is 111 Å². The van der Waals surface area contributed by atoms with Crippen molar-refractivity contribution in [1.29, 1.82) is 0 Å². The normalized spacial score (nSPS) is 13.6. The largest absolute Gasteiger partial charge is 0.456 e. The van der Waals surface area contributed by atoms with Crippen molar-refractivity contribution in [2.75, 3.05) is 0 Å². The van der Waals surface area contributed by atoms with Crippen LogP contribution in [0.25, 0.3) is 93.4 Å². The van der Waals surface area contributed by atoms with Crippen molar-refractivity contribution in [3.63, 3.8) is 0 Å². The van der Waals surface area contributed by atoms with E-state index in [2.05, 4.69) is 126 Å². The molecule has 7 heterocycles. The number of aromatic nitrogens is 5. The summed E-state index contributed by atoms with van der Waals surface area (Å²) in [5.74, 6) is 0. The van der Waals surface area contributed by atoms with E-state index in [9.17, 15) is 0 Å². The minimum atomic E-state index is -0.196. The van der Waals surface area contributed by atoms with Gasteiger partial charge in [0, 0.05) is 32.3 Å². The van der Waals surface area contributed by atoms with Gasteiger partial charge in [-0.1, -0.05) is 78.3 Å². The summed E-state index contributed by atoms with van der Waals surface area (Å²) in [6, 6.07) is 30.1. The number of rotatable bonds is 1. The summed E-state index contributed by atoms with van der Waals surface area (Å²) in [6.45, 7) is 8.51. The molecule has 4 aromatic heterocycles. The van der Waals surface area contributed by atoms with Gasteiger partial charge in [-0.05, 0) is 61.9 Å². The highest BCUT2D eigenvalue weighted by Gasteiger charge is 2.43. The number of para-hydroxylation sites is 2. The minimum absolute atomic E-state index is 0.196. The molecule has 0 spiro atoms. The van der Waals surface area contributed by atoms with Gasteiger partial charge >= 0.3 is 0 Å². The van der Waals surface area contributed by atoms with E-state index in [0.29, 0.717) is 0 Å². The Bertz CT molecular complexity index is 3280. The topological polar surface area (TPSA) is 65.8 Å². The molecule has 3 aliphatic rings. The lowest BCUT2D eigenvalue weighted by atomic mass is 9.35. The van der Waals surface area contributed by atoms with Crippen molar-refractivity contribution in [2.24, 2.45) is 0 Å². The number of hydrogen-bond donors (Lipinski definition) is 0. The standard InChI is InChI=1S/C42H26BN5O2/c1-19-18-20(2)35-40-34(19)47-36-28(21(3)44-47)30-24-14-8-10-16-26(24)49-41(30)32-38(36)46(40)39-33(43(32)23-12-6-5-7-13-23)42-31(25-15-9-11-17-27(25)50-42)29-22(4)45-48(35)37(29)39/h5-18H,1-4H3. The monoisotopic (exact) mass is 643 g/mol. The zero-order valence-electron chi connectivity index (χ0n) is 27.7. The molecule has 0 fully saturated rings. The molecule has 50 heavy (non-hydrogen) atoms. The van der Waals surface area contributed by atoms with Crippen molar-refractivity contribution in [2.45, 2.75) is 27.7 Å². The summed E-state index contributed by atoms with van der Waals surface area (Å²) in [4.78, 5) is 0. The molecule has 0 saturated heterocycles. The van der Waals surface area contributed by atoms with E-state index in [1.807, 2.05) is 0 Å². The first-order chi connectivity index (χ1) is 24.5. The molecule has 13 rings (SSSR count). The molecule has 0 radical (unpaired) electrons. The first-order valence-electron chi connectivity index (χ1n) is 17.2. The van der Waals surface area contributed by atoms with Crippen LogP contribution in [0.15, 0.2) is 93.8 Å². The lowest BCUT2D eigenvalue weighted by Crippen LogP contribution is -2.56. The second-order valence-corrected chi connectivity index (χ2v) is 14.3. The molecule has 0 saturated carbocycles. The Labute approximate surface area is 283 Å². The van der Waals surface area contributed by atoms with E-state index >= 15 is 0 Å². The van der Waals surface area contributed by atoms with Crippen LogP contribution in [-0.4, -0.2) is 30.5 Å². The van der Waals surface area contributed by atoms with Crippen LogP contribution in [-0.2, 0) is 0 Å². The van der Waals surface area contributed by atoms with E-state index in [4.69, 9.17) is 19.0 Å². The predicted octanol–water partition coefficient (Wildman–Crippen LogP) is 7.97. The van der Waals surface area contributed by atoms with Gasteiger partial charge in [0.05, 0.1) is 50.2 Å². The number of hydrogen-bond acceptors (Lipinski definition) is 4. The zero-order valence-corrected chi connectivity index (χ0v) is 27.7. The van der Waals surface area contributed by atoms with Crippen LogP contribution in [0.4, 0.5) is 0 Å². The van der Waals surface area contributed by atoms with Crippen molar-refractivity contribution in [3.05, 3.63) is 107 Å². The van der Waals surface area contributed by atoms with Crippen molar-refractivity contribution in [1.82, 2.24) is 23.8 Å². The summed E-state index contributed by atoms with van der Waals surface area (Å²) in [6.07, 6.45) is 0. The Morgan fingerprint density at radius 2 is 1.00 bits per heavy atom. The fourth-order valence-electron chi connectivity index (χ4n) is 9.99. The smallest absolute Gasteiger partial charge is 0.256 e. The number of furan rings is 2. The first kappa shape index (κ1) is 25.7. The van der Waals surface area contributed by atoms with Crippen LogP contribution >= 0.6 is 0 Å². The second-order valence-electron chi connectivity index (χ2n) is 14.3. The fourth-order valence-corrected chi connectivity index (χ4v) is 9.99. The van der Waals surface area contributed by atoms with Gasteiger partial charge in [-0.2, -0.15) is 10.2 Å². The quantitative estimate of drug-likeness (QED) is 0.103. The fraction of sp³-hybridized carbons (Fsp3) is 0.0952. The first-order valence-corrected chi connectivity index (χ1v) is 17.2.